The number of benzene rings is 1. The predicted molar refractivity (Wildman–Crippen MR) is 57.7 cm³/mol. The van der Waals surface area contributed by atoms with Crippen molar-refractivity contribution < 1.29 is 14.3 Å². The molecular weight excluding hydrogens is 206 g/mol. The summed E-state index contributed by atoms with van der Waals surface area (Å²) < 4.78 is 5.03. The van der Waals surface area contributed by atoms with Gasteiger partial charge in [0.15, 0.2) is 0 Å². The summed E-state index contributed by atoms with van der Waals surface area (Å²) in [6.45, 7) is 0.825. The molecule has 1 atom stereocenters. The molecule has 0 N–H and O–H groups in total. The van der Waals surface area contributed by atoms with Gasteiger partial charge < -0.3 is 14.4 Å². The molecule has 84 valence electrons. The van der Waals surface area contributed by atoms with Gasteiger partial charge in [0.25, 0.3) is 0 Å². The molecule has 0 radical (unpaired) electrons. The Morgan fingerprint density at radius 3 is 2.81 bits per heavy atom. The lowest BCUT2D eigenvalue weighted by Crippen LogP contribution is -2.49. The minimum absolute atomic E-state index is 0.0666. The Hall–Kier alpha value is -1.68. The quantitative estimate of drug-likeness (QED) is 0.700. The Balaban J connectivity index is 2.11. The zero-order valence-electron chi connectivity index (χ0n) is 8.83. The van der Waals surface area contributed by atoms with E-state index in [-0.39, 0.29) is 12.5 Å². The molecule has 1 aromatic carbocycles. The summed E-state index contributed by atoms with van der Waals surface area (Å²) in [5.74, 6) is -0.132. The summed E-state index contributed by atoms with van der Waals surface area (Å²) in [4.78, 5) is 24.0. The second-order valence-electron chi connectivity index (χ2n) is 3.73. The standard InChI is InChI=1S/C12H13NO3/c14-7-11-8-16-9-12(15)13(11)6-10-4-2-1-3-5-10/h1-5,7,11H,6,8-9H2. The van der Waals surface area contributed by atoms with E-state index in [1.54, 1.807) is 4.90 Å². The Labute approximate surface area is 93.8 Å². The van der Waals surface area contributed by atoms with Crippen LogP contribution in [-0.4, -0.2) is 36.3 Å². The fraction of sp³-hybridized carbons (Fsp3) is 0.333. The lowest BCUT2D eigenvalue weighted by molar-refractivity contribution is -0.151. The first-order valence-corrected chi connectivity index (χ1v) is 5.17. The highest BCUT2D eigenvalue weighted by molar-refractivity contribution is 5.81. The molecule has 1 aliphatic rings. The SMILES string of the molecule is O=CC1COCC(=O)N1Cc1ccccc1. The lowest BCUT2D eigenvalue weighted by atomic mass is 10.1. The number of amides is 1. The molecule has 2 rings (SSSR count). The molecule has 4 nitrogen and oxygen atoms in total. The number of rotatable bonds is 3. The summed E-state index contributed by atoms with van der Waals surface area (Å²) >= 11 is 0. The van der Waals surface area contributed by atoms with Crippen molar-refractivity contribution >= 4 is 12.2 Å². The van der Waals surface area contributed by atoms with Crippen LogP contribution in [0.25, 0.3) is 0 Å². The minimum Gasteiger partial charge on any atom is -0.369 e. The zero-order valence-corrected chi connectivity index (χ0v) is 8.83. The normalized spacial score (nSPS) is 20.9. The molecule has 1 saturated heterocycles. The fourth-order valence-corrected chi connectivity index (χ4v) is 1.72. The molecule has 0 bridgehead atoms. The first-order valence-electron chi connectivity index (χ1n) is 5.17. The topological polar surface area (TPSA) is 46.6 Å². The van der Waals surface area contributed by atoms with Crippen LogP contribution in [0.1, 0.15) is 5.56 Å². The number of nitrogens with zero attached hydrogens (tertiary/aromatic N) is 1. The highest BCUT2D eigenvalue weighted by Gasteiger charge is 2.28. The van der Waals surface area contributed by atoms with Crippen molar-refractivity contribution in [1.82, 2.24) is 4.90 Å². The van der Waals surface area contributed by atoms with Crippen molar-refractivity contribution in [3.8, 4) is 0 Å². The number of hydrogen-bond acceptors (Lipinski definition) is 3. The third-order valence-corrected chi connectivity index (χ3v) is 2.59. The van der Waals surface area contributed by atoms with Crippen LogP contribution in [0.5, 0.6) is 0 Å². The van der Waals surface area contributed by atoms with Crippen LogP contribution in [0.3, 0.4) is 0 Å². The van der Waals surface area contributed by atoms with Crippen LogP contribution in [0.15, 0.2) is 30.3 Å². The number of aldehydes is 1. The van der Waals surface area contributed by atoms with Crippen molar-refractivity contribution in [2.45, 2.75) is 12.6 Å². The van der Waals surface area contributed by atoms with E-state index in [0.717, 1.165) is 11.8 Å². The highest BCUT2D eigenvalue weighted by atomic mass is 16.5. The lowest BCUT2D eigenvalue weighted by Gasteiger charge is -2.32. The zero-order chi connectivity index (χ0) is 11.4. The largest absolute Gasteiger partial charge is 0.369 e. The molecule has 0 saturated carbocycles. The smallest absolute Gasteiger partial charge is 0.249 e. The number of carbonyl (C=O) groups excluding carboxylic acids is 2. The second-order valence-corrected chi connectivity index (χ2v) is 3.73. The van der Waals surface area contributed by atoms with Crippen molar-refractivity contribution in [1.29, 1.82) is 0 Å². The predicted octanol–water partition coefficient (Wildman–Crippen LogP) is 0.613. The van der Waals surface area contributed by atoms with Crippen LogP contribution in [0, 0.1) is 0 Å². The van der Waals surface area contributed by atoms with Crippen LogP contribution >= 0.6 is 0 Å². The molecule has 1 aliphatic heterocycles. The summed E-state index contributed by atoms with van der Waals surface area (Å²) in [5, 5.41) is 0. The van der Waals surface area contributed by atoms with Gasteiger partial charge in [-0.2, -0.15) is 0 Å². The maximum atomic E-state index is 11.6. The summed E-state index contributed by atoms with van der Waals surface area (Å²) in [7, 11) is 0. The number of morpholine rings is 1. The molecule has 1 unspecified atom stereocenters. The van der Waals surface area contributed by atoms with Crippen LogP contribution < -0.4 is 0 Å². The molecule has 0 aromatic heterocycles. The molecule has 0 spiro atoms. The van der Waals surface area contributed by atoms with E-state index in [1.807, 2.05) is 30.3 Å². The summed E-state index contributed by atoms with van der Waals surface area (Å²) in [5.41, 5.74) is 1.02. The second kappa shape index (κ2) is 4.90. The minimum atomic E-state index is -0.457. The van der Waals surface area contributed by atoms with E-state index in [4.69, 9.17) is 4.74 Å². The van der Waals surface area contributed by atoms with Gasteiger partial charge in [0.05, 0.1) is 6.61 Å². The van der Waals surface area contributed by atoms with Crippen LogP contribution in [0.4, 0.5) is 0 Å². The van der Waals surface area contributed by atoms with Gasteiger partial charge in [-0.15, -0.1) is 0 Å². The van der Waals surface area contributed by atoms with Gasteiger partial charge >= 0.3 is 0 Å². The molecule has 1 aromatic rings. The van der Waals surface area contributed by atoms with Crippen molar-refractivity contribution in [3.05, 3.63) is 35.9 Å². The van der Waals surface area contributed by atoms with Gasteiger partial charge in [-0.05, 0) is 5.56 Å². The van der Waals surface area contributed by atoms with Crippen molar-refractivity contribution in [2.75, 3.05) is 13.2 Å². The Morgan fingerprint density at radius 1 is 1.38 bits per heavy atom. The van der Waals surface area contributed by atoms with Gasteiger partial charge in [0.1, 0.15) is 18.9 Å². The monoisotopic (exact) mass is 219 g/mol. The number of ether oxygens (including phenoxy) is 1. The van der Waals surface area contributed by atoms with E-state index < -0.39 is 6.04 Å². The average molecular weight is 219 g/mol. The van der Waals surface area contributed by atoms with E-state index in [1.165, 1.54) is 0 Å². The molecule has 0 aliphatic carbocycles. The van der Waals surface area contributed by atoms with Crippen molar-refractivity contribution in [3.63, 3.8) is 0 Å². The van der Waals surface area contributed by atoms with Gasteiger partial charge in [-0.1, -0.05) is 30.3 Å². The fourth-order valence-electron chi connectivity index (χ4n) is 1.72. The van der Waals surface area contributed by atoms with E-state index in [9.17, 15) is 9.59 Å². The van der Waals surface area contributed by atoms with Gasteiger partial charge in [-0.3, -0.25) is 4.79 Å². The van der Waals surface area contributed by atoms with Crippen LogP contribution in [-0.2, 0) is 20.9 Å². The van der Waals surface area contributed by atoms with Gasteiger partial charge in [0.2, 0.25) is 5.91 Å². The molecule has 4 heteroatoms. The maximum Gasteiger partial charge on any atom is 0.249 e. The van der Waals surface area contributed by atoms with Crippen LogP contribution in [0.2, 0.25) is 0 Å². The molecule has 16 heavy (non-hydrogen) atoms. The van der Waals surface area contributed by atoms with E-state index >= 15 is 0 Å². The first-order chi connectivity index (χ1) is 7.81. The highest BCUT2D eigenvalue weighted by Crippen LogP contribution is 2.11. The third-order valence-electron chi connectivity index (χ3n) is 2.59. The number of hydrogen-bond donors (Lipinski definition) is 0. The first kappa shape index (κ1) is 10.8. The van der Waals surface area contributed by atoms with E-state index in [2.05, 4.69) is 0 Å². The molecular formula is C12H13NO3. The molecule has 1 amide bonds. The van der Waals surface area contributed by atoms with E-state index in [0.29, 0.717) is 13.2 Å². The Bertz CT molecular complexity index is 377. The third kappa shape index (κ3) is 2.28. The Morgan fingerprint density at radius 2 is 2.12 bits per heavy atom. The summed E-state index contributed by atoms with van der Waals surface area (Å²) in [6, 6.07) is 9.16. The number of carbonyl (C=O) groups is 2. The maximum absolute atomic E-state index is 11.6. The van der Waals surface area contributed by atoms with Gasteiger partial charge in [0, 0.05) is 6.54 Å². The Kier molecular flexibility index (Phi) is 3.31. The average Bonchev–Trinajstić information content (AvgIpc) is 2.33. The molecule has 1 fully saturated rings. The molecule has 1 heterocycles. The summed E-state index contributed by atoms with van der Waals surface area (Å²) in [6.07, 6.45) is 0.764. The van der Waals surface area contributed by atoms with Crippen molar-refractivity contribution in [2.24, 2.45) is 0 Å². The van der Waals surface area contributed by atoms with Gasteiger partial charge in [-0.25, -0.2) is 0 Å².